The van der Waals surface area contributed by atoms with E-state index in [1.807, 2.05) is 19.3 Å². The molecule has 1 heterocycles. The minimum Gasteiger partial charge on any atom is -0.355 e. The van der Waals surface area contributed by atoms with Crippen LogP contribution >= 0.6 is 0 Å². The second-order valence-electron chi connectivity index (χ2n) is 2.97. The van der Waals surface area contributed by atoms with Crippen LogP contribution in [0.5, 0.6) is 0 Å². The molecule has 1 rings (SSSR count). The highest BCUT2D eigenvalue weighted by molar-refractivity contribution is 5.75. The van der Waals surface area contributed by atoms with E-state index in [1.54, 1.807) is 10.9 Å². The second kappa shape index (κ2) is 6.15. The number of carbonyl (C=O) groups is 1. The summed E-state index contributed by atoms with van der Waals surface area (Å²) in [5, 5.41) is 9.77. The fourth-order valence-corrected chi connectivity index (χ4v) is 1.06. The largest absolute Gasteiger partial charge is 0.355 e. The van der Waals surface area contributed by atoms with Crippen molar-refractivity contribution in [3.05, 3.63) is 18.5 Å². The molecule has 0 aliphatic heterocycles. The quantitative estimate of drug-likeness (QED) is 0.609. The van der Waals surface area contributed by atoms with Gasteiger partial charge in [0.15, 0.2) is 0 Å². The van der Waals surface area contributed by atoms with Gasteiger partial charge >= 0.3 is 0 Å². The van der Waals surface area contributed by atoms with Gasteiger partial charge in [0.05, 0.1) is 0 Å². The Morgan fingerprint density at radius 3 is 3.00 bits per heavy atom. The van der Waals surface area contributed by atoms with E-state index >= 15 is 0 Å². The van der Waals surface area contributed by atoms with Gasteiger partial charge in [0.2, 0.25) is 5.91 Å². The molecular formula is C9H16N4O. The van der Waals surface area contributed by atoms with Gasteiger partial charge < -0.3 is 10.6 Å². The maximum absolute atomic E-state index is 11.2. The summed E-state index contributed by atoms with van der Waals surface area (Å²) >= 11 is 0. The fraction of sp³-hybridized carbons (Fsp3) is 0.556. The average molecular weight is 196 g/mol. The molecule has 78 valence electrons. The van der Waals surface area contributed by atoms with Crippen LogP contribution in [0.1, 0.15) is 6.42 Å². The topological polar surface area (TPSA) is 58.9 Å². The van der Waals surface area contributed by atoms with Crippen LogP contribution in [-0.4, -0.2) is 35.8 Å². The molecule has 0 saturated heterocycles. The summed E-state index contributed by atoms with van der Waals surface area (Å²) in [6, 6.07) is 1.85. The first-order valence-corrected chi connectivity index (χ1v) is 4.71. The molecule has 0 unspecified atom stereocenters. The molecule has 1 aromatic heterocycles. The summed E-state index contributed by atoms with van der Waals surface area (Å²) in [6.07, 6.45) is 4.03. The summed E-state index contributed by atoms with van der Waals surface area (Å²) in [5.74, 6) is 0.0655. The predicted octanol–water partition coefficient (Wildman–Crippen LogP) is -0.391. The van der Waals surface area contributed by atoms with E-state index in [9.17, 15) is 4.79 Å². The molecule has 5 heteroatoms. The number of aromatic nitrogens is 2. The highest BCUT2D eigenvalue weighted by Gasteiger charge is 2.00. The Labute approximate surface area is 83.5 Å². The highest BCUT2D eigenvalue weighted by atomic mass is 16.1. The number of nitrogens with zero attached hydrogens (tertiary/aromatic N) is 2. The van der Waals surface area contributed by atoms with Gasteiger partial charge in [0.25, 0.3) is 0 Å². The minimum absolute atomic E-state index is 0.0655. The SMILES string of the molecule is CNCCNC(=O)CCn1cccn1. The van der Waals surface area contributed by atoms with Gasteiger partial charge in [-0.05, 0) is 13.1 Å². The Bertz CT molecular complexity index is 258. The van der Waals surface area contributed by atoms with E-state index in [0.29, 0.717) is 19.5 Å². The van der Waals surface area contributed by atoms with Crippen molar-refractivity contribution >= 4 is 5.91 Å². The van der Waals surface area contributed by atoms with Crippen LogP contribution < -0.4 is 10.6 Å². The van der Waals surface area contributed by atoms with Crippen LogP contribution in [0, 0.1) is 0 Å². The van der Waals surface area contributed by atoms with Crippen molar-refractivity contribution in [2.75, 3.05) is 20.1 Å². The third kappa shape index (κ3) is 4.04. The van der Waals surface area contributed by atoms with Gasteiger partial charge in [-0.1, -0.05) is 0 Å². The average Bonchev–Trinajstić information content (AvgIpc) is 2.68. The van der Waals surface area contributed by atoms with Crippen LogP contribution in [0.25, 0.3) is 0 Å². The van der Waals surface area contributed by atoms with Gasteiger partial charge in [-0.2, -0.15) is 5.10 Å². The first-order valence-electron chi connectivity index (χ1n) is 4.71. The molecule has 0 saturated carbocycles. The molecule has 0 radical (unpaired) electrons. The van der Waals surface area contributed by atoms with Gasteiger partial charge in [-0.15, -0.1) is 0 Å². The number of hydrogen-bond donors (Lipinski definition) is 2. The van der Waals surface area contributed by atoms with Gasteiger partial charge in [-0.25, -0.2) is 0 Å². The first-order chi connectivity index (χ1) is 6.83. The number of amides is 1. The van der Waals surface area contributed by atoms with Crippen LogP contribution in [0.2, 0.25) is 0 Å². The van der Waals surface area contributed by atoms with E-state index in [-0.39, 0.29) is 5.91 Å². The zero-order valence-electron chi connectivity index (χ0n) is 8.36. The molecule has 0 aliphatic rings. The standard InChI is InChI=1S/C9H16N4O/c1-10-5-6-11-9(14)3-8-13-7-2-4-12-13/h2,4,7,10H,3,5-6,8H2,1H3,(H,11,14). The first kappa shape index (κ1) is 10.7. The number of hydrogen-bond acceptors (Lipinski definition) is 3. The number of likely N-dealkylation sites (N-methyl/N-ethyl adjacent to an activating group) is 1. The van der Waals surface area contributed by atoms with Crippen molar-refractivity contribution in [2.45, 2.75) is 13.0 Å². The monoisotopic (exact) mass is 196 g/mol. The zero-order valence-corrected chi connectivity index (χ0v) is 8.36. The minimum atomic E-state index is 0.0655. The predicted molar refractivity (Wildman–Crippen MR) is 53.8 cm³/mol. The molecule has 1 aromatic rings. The molecular weight excluding hydrogens is 180 g/mol. The number of carbonyl (C=O) groups excluding carboxylic acids is 1. The summed E-state index contributed by atoms with van der Waals surface area (Å²) in [7, 11) is 1.86. The lowest BCUT2D eigenvalue weighted by Crippen LogP contribution is -2.30. The van der Waals surface area contributed by atoms with Crippen molar-refractivity contribution in [1.29, 1.82) is 0 Å². The van der Waals surface area contributed by atoms with E-state index in [0.717, 1.165) is 6.54 Å². The molecule has 0 aromatic carbocycles. The Morgan fingerprint density at radius 1 is 1.50 bits per heavy atom. The Morgan fingerprint density at radius 2 is 2.36 bits per heavy atom. The Hall–Kier alpha value is -1.36. The lowest BCUT2D eigenvalue weighted by Gasteiger charge is -2.04. The summed E-state index contributed by atoms with van der Waals surface area (Å²) in [4.78, 5) is 11.2. The van der Waals surface area contributed by atoms with Crippen molar-refractivity contribution in [1.82, 2.24) is 20.4 Å². The number of rotatable bonds is 6. The van der Waals surface area contributed by atoms with Gasteiger partial charge in [-0.3, -0.25) is 9.48 Å². The van der Waals surface area contributed by atoms with Gasteiger partial charge in [0.1, 0.15) is 0 Å². The molecule has 1 amide bonds. The molecule has 0 spiro atoms. The molecule has 14 heavy (non-hydrogen) atoms. The highest BCUT2D eigenvalue weighted by Crippen LogP contribution is 1.88. The van der Waals surface area contributed by atoms with Crippen molar-refractivity contribution in [2.24, 2.45) is 0 Å². The fourth-order valence-electron chi connectivity index (χ4n) is 1.06. The zero-order chi connectivity index (χ0) is 10.2. The second-order valence-corrected chi connectivity index (χ2v) is 2.97. The maximum atomic E-state index is 11.2. The number of nitrogens with one attached hydrogen (secondary N) is 2. The molecule has 2 N–H and O–H groups in total. The van der Waals surface area contributed by atoms with Crippen molar-refractivity contribution < 1.29 is 4.79 Å². The Kier molecular flexibility index (Phi) is 4.71. The van der Waals surface area contributed by atoms with E-state index in [4.69, 9.17) is 0 Å². The van der Waals surface area contributed by atoms with Crippen LogP contribution in [-0.2, 0) is 11.3 Å². The molecule has 0 bridgehead atoms. The molecule has 0 atom stereocenters. The van der Waals surface area contributed by atoms with E-state index in [2.05, 4.69) is 15.7 Å². The lowest BCUT2D eigenvalue weighted by molar-refractivity contribution is -0.121. The molecule has 5 nitrogen and oxygen atoms in total. The third-order valence-electron chi connectivity index (χ3n) is 1.82. The van der Waals surface area contributed by atoms with Crippen LogP contribution in [0.15, 0.2) is 18.5 Å². The summed E-state index contributed by atoms with van der Waals surface area (Å²) in [6.45, 7) is 2.11. The van der Waals surface area contributed by atoms with Crippen molar-refractivity contribution in [3.8, 4) is 0 Å². The summed E-state index contributed by atoms with van der Waals surface area (Å²) < 4.78 is 1.75. The van der Waals surface area contributed by atoms with E-state index < -0.39 is 0 Å². The van der Waals surface area contributed by atoms with Crippen LogP contribution in [0.3, 0.4) is 0 Å². The normalized spacial score (nSPS) is 10.1. The van der Waals surface area contributed by atoms with E-state index in [1.165, 1.54) is 0 Å². The smallest absolute Gasteiger partial charge is 0.221 e. The Balaban J connectivity index is 2.09. The van der Waals surface area contributed by atoms with Crippen molar-refractivity contribution in [3.63, 3.8) is 0 Å². The lowest BCUT2D eigenvalue weighted by atomic mass is 10.4. The third-order valence-corrected chi connectivity index (χ3v) is 1.82. The van der Waals surface area contributed by atoms with Gasteiger partial charge in [0, 0.05) is 38.4 Å². The molecule has 0 aliphatic carbocycles. The number of aryl methyl sites for hydroxylation is 1. The maximum Gasteiger partial charge on any atom is 0.221 e. The summed E-state index contributed by atoms with van der Waals surface area (Å²) in [5.41, 5.74) is 0. The molecule has 0 fully saturated rings. The van der Waals surface area contributed by atoms with Crippen LogP contribution in [0.4, 0.5) is 0 Å².